The zero-order chi connectivity index (χ0) is 20.1. The lowest BCUT2D eigenvalue weighted by atomic mass is 10.0. The second-order valence-corrected chi connectivity index (χ2v) is 9.72. The van der Waals surface area contributed by atoms with Gasteiger partial charge in [0.25, 0.3) is 5.91 Å². The van der Waals surface area contributed by atoms with Gasteiger partial charge in [-0.3, -0.25) is 4.79 Å². The molecule has 0 atom stereocenters. The zero-order valence-corrected chi connectivity index (χ0v) is 17.5. The average molecular weight is 421 g/mol. The van der Waals surface area contributed by atoms with Gasteiger partial charge in [-0.15, -0.1) is 0 Å². The summed E-state index contributed by atoms with van der Waals surface area (Å²) < 4.78 is 24.9. The number of hydrogen-bond donors (Lipinski definition) is 1. The summed E-state index contributed by atoms with van der Waals surface area (Å²) in [5.74, 6) is 0.0383. The summed E-state index contributed by atoms with van der Waals surface area (Å²) in [7, 11) is -3.32. The molecule has 0 unspecified atom stereocenters. The summed E-state index contributed by atoms with van der Waals surface area (Å²) in [6.07, 6.45) is 1.64. The highest BCUT2D eigenvalue weighted by Crippen LogP contribution is 2.17. The van der Waals surface area contributed by atoms with E-state index in [1.807, 2.05) is 31.2 Å². The summed E-state index contributed by atoms with van der Waals surface area (Å²) in [5, 5.41) is 3.63. The van der Waals surface area contributed by atoms with Gasteiger partial charge in [0, 0.05) is 36.3 Å². The molecule has 1 heterocycles. The number of piperidine rings is 1. The maximum absolute atomic E-state index is 12.5. The van der Waals surface area contributed by atoms with Crippen LogP contribution in [0.4, 0.5) is 0 Å². The normalized spacial score (nSPS) is 16.1. The number of hydrogen-bond acceptors (Lipinski definition) is 4. The van der Waals surface area contributed by atoms with E-state index in [4.69, 9.17) is 11.6 Å². The van der Waals surface area contributed by atoms with Crippen molar-refractivity contribution in [3.8, 4) is 0 Å². The molecule has 1 saturated heterocycles. The third-order valence-corrected chi connectivity index (χ3v) is 7.12. The maximum Gasteiger partial charge on any atom is 0.251 e. The number of nitrogens with one attached hydrogen (secondary N) is 1. The van der Waals surface area contributed by atoms with Crippen LogP contribution in [0.2, 0.25) is 5.02 Å². The Bertz CT molecular complexity index is 921. The fraction of sp³-hybridized carbons (Fsp3) is 0.381. The predicted molar refractivity (Wildman–Crippen MR) is 112 cm³/mol. The van der Waals surface area contributed by atoms with Crippen molar-refractivity contribution in [2.75, 3.05) is 25.4 Å². The Morgan fingerprint density at radius 1 is 1.11 bits per heavy atom. The average Bonchev–Trinajstić information content (AvgIpc) is 2.68. The summed E-state index contributed by atoms with van der Waals surface area (Å²) in [5.41, 5.74) is 1.67. The lowest BCUT2D eigenvalue weighted by Gasteiger charge is -2.32. The Morgan fingerprint density at radius 3 is 2.39 bits per heavy atom. The Kier molecular flexibility index (Phi) is 6.75. The van der Waals surface area contributed by atoms with E-state index in [0.29, 0.717) is 22.0 Å². The number of rotatable bonds is 6. The van der Waals surface area contributed by atoms with Gasteiger partial charge in [0.1, 0.15) is 0 Å². The van der Waals surface area contributed by atoms with E-state index in [0.717, 1.165) is 31.5 Å². The summed E-state index contributed by atoms with van der Waals surface area (Å²) in [4.78, 5) is 14.9. The van der Waals surface area contributed by atoms with Crippen LogP contribution in [0.5, 0.6) is 0 Å². The van der Waals surface area contributed by atoms with Crippen LogP contribution in [0, 0.1) is 6.92 Å². The molecule has 1 aliphatic rings. The third-order valence-electron chi connectivity index (χ3n) is 5.16. The van der Waals surface area contributed by atoms with E-state index in [1.165, 1.54) is 0 Å². The fourth-order valence-electron chi connectivity index (χ4n) is 3.40. The Labute approximate surface area is 171 Å². The van der Waals surface area contributed by atoms with E-state index in [-0.39, 0.29) is 17.7 Å². The minimum atomic E-state index is -3.32. The summed E-state index contributed by atoms with van der Waals surface area (Å²) >= 11 is 5.82. The molecule has 2 aromatic rings. The third kappa shape index (κ3) is 5.34. The molecule has 5 nitrogen and oxygen atoms in total. The lowest BCUT2D eigenvalue weighted by molar-refractivity contribution is 0.0912. The molecule has 1 N–H and O–H groups in total. The number of benzene rings is 2. The Morgan fingerprint density at radius 2 is 1.75 bits per heavy atom. The quantitative estimate of drug-likeness (QED) is 0.778. The van der Waals surface area contributed by atoms with Gasteiger partial charge in [-0.2, -0.15) is 0 Å². The first-order valence-electron chi connectivity index (χ1n) is 9.42. The molecule has 0 bridgehead atoms. The first kappa shape index (κ1) is 20.8. The van der Waals surface area contributed by atoms with Crippen molar-refractivity contribution in [1.82, 2.24) is 10.2 Å². The standard InChI is InChI=1S/C21H25ClN2O3S/c1-16-4-2-3-5-20(16)21(25)23-18-10-12-24(13-11-18)14-15-28(26,27)19-8-6-17(22)7-9-19/h2-9,18H,10-15H2,1H3,(H,23,25). The van der Waals surface area contributed by atoms with Crippen molar-refractivity contribution in [2.24, 2.45) is 0 Å². The van der Waals surface area contributed by atoms with Crippen LogP contribution in [-0.4, -0.2) is 50.7 Å². The molecule has 1 fully saturated rings. The molecule has 0 aliphatic carbocycles. The van der Waals surface area contributed by atoms with Crippen molar-refractivity contribution in [2.45, 2.75) is 30.7 Å². The summed E-state index contributed by atoms with van der Waals surface area (Å²) in [6.45, 7) is 3.96. The smallest absolute Gasteiger partial charge is 0.251 e. The molecule has 1 aliphatic heterocycles. The first-order valence-corrected chi connectivity index (χ1v) is 11.5. The lowest BCUT2D eigenvalue weighted by Crippen LogP contribution is -2.45. The maximum atomic E-state index is 12.5. The van der Waals surface area contributed by atoms with Gasteiger partial charge in [0.15, 0.2) is 9.84 Å². The van der Waals surface area contributed by atoms with E-state index >= 15 is 0 Å². The number of likely N-dealkylation sites (tertiary alicyclic amines) is 1. The van der Waals surface area contributed by atoms with Crippen molar-refractivity contribution in [3.05, 3.63) is 64.7 Å². The number of nitrogens with zero attached hydrogens (tertiary/aromatic N) is 1. The molecule has 0 saturated carbocycles. The fourth-order valence-corrected chi connectivity index (χ4v) is 4.81. The largest absolute Gasteiger partial charge is 0.349 e. The first-order chi connectivity index (χ1) is 13.3. The van der Waals surface area contributed by atoms with Gasteiger partial charge in [0.2, 0.25) is 0 Å². The molecule has 28 heavy (non-hydrogen) atoms. The molecule has 2 aromatic carbocycles. The SMILES string of the molecule is Cc1ccccc1C(=O)NC1CCN(CCS(=O)(=O)c2ccc(Cl)cc2)CC1. The van der Waals surface area contributed by atoms with Crippen LogP contribution >= 0.6 is 11.6 Å². The number of amides is 1. The minimum Gasteiger partial charge on any atom is -0.349 e. The molecule has 0 spiro atoms. The topological polar surface area (TPSA) is 66.5 Å². The molecule has 7 heteroatoms. The monoisotopic (exact) mass is 420 g/mol. The van der Waals surface area contributed by atoms with Crippen LogP contribution in [0.15, 0.2) is 53.4 Å². The Hall–Kier alpha value is -1.89. The summed E-state index contributed by atoms with van der Waals surface area (Å²) in [6, 6.07) is 14.0. The van der Waals surface area contributed by atoms with Crippen molar-refractivity contribution >= 4 is 27.3 Å². The second kappa shape index (κ2) is 9.07. The molecule has 1 amide bonds. The van der Waals surface area contributed by atoms with E-state index < -0.39 is 9.84 Å². The van der Waals surface area contributed by atoms with E-state index in [9.17, 15) is 13.2 Å². The van der Waals surface area contributed by atoms with Crippen LogP contribution in [0.25, 0.3) is 0 Å². The molecular weight excluding hydrogens is 396 g/mol. The molecule has 3 rings (SSSR count). The molecule has 150 valence electrons. The van der Waals surface area contributed by atoms with Gasteiger partial charge in [0.05, 0.1) is 10.6 Å². The number of aryl methyl sites for hydroxylation is 1. The number of carbonyl (C=O) groups is 1. The minimum absolute atomic E-state index is 0.0399. The highest BCUT2D eigenvalue weighted by molar-refractivity contribution is 7.91. The van der Waals surface area contributed by atoms with E-state index in [2.05, 4.69) is 10.2 Å². The van der Waals surface area contributed by atoms with Gasteiger partial charge < -0.3 is 10.2 Å². The molecular formula is C21H25ClN2O3S. The van der Waals surface area contributed by atoms with Gasteiger partial charge in [-0.05, 0) is 55.7 Å². The van der Waals surface area contributed by atoms with Crippen LogP contribution in [0.3, 0.4) is 0 Å². The van der Waals surface area contributed by atoms with Crippen molar-refractivity contribution < 1.29 is 13.2 Å². The predicted octanol–water partition coefficient (Wildman–Crippen LogP) is 3.32. The van der Waals surface area contributed by atoms with Gasteiger partial charge >= 0.3 is 0 Å². The van der Waals surface area contributed by atoms with Gasteiger partial charge in [-0.25, -0.2) is 8.42 Å². The number of halogens is 1. The van der Waals surface area contributed by atoms with Crippen LogP contribution < -0.4 is 5.32 Å². The highest BCUT2D eigenvalue weighted by atomic mass is 35.5. The number of carbonyl (C=O) groups excluding carboxylic acids is 1. The molecule has 0 aromatic heterocycles. The van der Waals surface area contributed by atoms with Crippen molar-refractivity contribution in [3.63, 3.8) is 0 Å². The molecule has 0 radical (unpaired) electrons. The highest BCUT2D eigenvalue weighted by Gasteiger charge is 2.23. The van der Waals surface area contributed by atoms with Crippen LogP contribution in [-0.2, 0) is 9.84 Å². The second-order valence-electron chi connectivity index (χ2n) is 7.18. The van der Waals surface area contributed by atoms with Crippen LogP contribution in [0.1, 0.15) is 28.8 Å². The van der Waals surface area contributed by atoms with E-state index in [1.54, 1.807) is 24.3 Å². The Balaban J connectivity index is 1.47. The zero-order valence-electron chi connectivity index (χ0n) is 15.9. The van der Waals surface area contributed by atoms with Gasteiger partial charge in [-0.1, -0.05) is 29.8 Å². The number of sulfone groups is 1. The van der Waals surface area contributed by atoms with Crippen molar-refractivity contribution in [1.29, 1.82) is 0 Å².